The molecule has 4 heterocycles. The highest BCUT2D eigenvalue weighted by Crippen LogP contribution is 2.60. The molecule has 17 rings (SSSR count). The van der Waals surface area contributed by atoms with Gasteiger partial charge in [0.05, 0.1) is 93.3 Å². The van der Waals surface area contributed by atoms with Gasteiger partial charge in [0.15, 0.2) is 11.5 Å². The fourth-order valence-corrected chi connectivity index (χ4v) is 20.8. The number of carbonyl (C=O) groups excluding carboxylic acids is 2. The summed E-state index contributed by atoms with van der Waals surface area (Å²) in [5.41, 5.74) is 4.29. The van der Waals surface area contributed by atoms with Gasteiger partial charge in [-0.1, -0.05) is 184 Å². The maximum Gasteiger partial charge on any atom is 0.317 e. The summed E-state index contributed by atoms with van der Waals surface area (Å²) in [6, 6.07) is 61.2. The number of aryl methyl sites for hydroxylation is 4. The molecule has 0 spiro atoms. The van der Waals surface area contributed by atoms with E-state index in [4.69, 9.17) is 45.3 Å². The van der Waals surface area contributed by atoms with Gasteiger partial charge >= 0.3 is 5.97 Å². The number of ether oxygens (including phenoxy) is 4. The number of aliphatic hydroxyl groups excluding tert-OH is 4. The zero-order valence-corrected chi connectivity index (χ0v) is 68.9. The van der Waals surface area contributed by atoms with Gasteiger partial charge in [0.2, 0.25) is 0 Å². The molecular formula is C98H116ClF6N5O11Si. The molecule has 24 heteroatoms. The zero-order chi connectivity index (χ0) is 84.6. The largest absolute Gasteiger partial charge is 0.489 e. The number of carbonyl (C=O) groups is 2. The predicted molar refractivity (Wildman–Crippen MR) is 467 cm³/mol. The van der Waals surface area contributed by atoms with E-state index in [0.29, 0.717) is 68.0 Å². The minimum atomic E-state index is -2.61. The van der Waals surface area contributed by atoms with Crippen molar-refractivity contribution in [2.75, 3.05) is 65.3 Å². The number of epoxide rings is 1. The fourth-order valence-electron chi connectivity index (χ4n) is 16.1. The number of fused-ring (bicyclic) bond motifs is 1. The molecule has 0 unspecified atom stereocenters. The van der Waals surface area contributed by atoms with Crippen LogP contribution in [0.15, 0.2) is 219 Å². The Morgan fingerprint density at radius 1 is 0.525 bits per heavy atom. The molecule has 7 fully saturated rings. The van der Waals surface area contributed by atoms with Crippen LogP contribution >= 0.6 is 11.6 Å². The van der Waals surface area contributed by atoms with E-state index in [1.165, 1.54) is 77.1 Å². The van der Waals surface area contributed by atoms with Crippen LogP contribution in [0.25, 0.3) is 0 Å². The van der Waals surface area contributed by atoms with Crippen molar-refractivity contribution in [1.29, 1.82) is 5.26 Å². The lowest BCUT2D eigenvalue weighted by atomic mass is 9.94. The highest BCUT2D eigenvalue weighted by Gasteiger charge is 2.67. The molecule has 2 aliphatic heterocycles. The Labute approximate surface area is 720 Å². The maximum absolute atomic E-state index is 13.9. The molecule has 5 aliphatic carbocycles. The molecule has 8 aromatic carbocycles. The van der Waals surface area contributed by atoms with Crippen molar-refractivity contribution in [3.63, 3.8) is 0 Å². The van der Waals surface area contributed by atoms with E-state index in [-0.39, 0.29) is 143 Å². The fraction of sp³-hybridized carbons (Fsp3) is 0.398. The summed E-state index contributed by atoms with van der Waals surface area (Å²) < 4.78 is 108. The number of nitriles is 1. The number of alkyl halides is 1. The van der Waals surface area contributed by atoms with Crippen LogP contribution in [-0.2, 0) is 57.0 Å². The van der Waals surface area contributed by atoms with Crippen molar-refractivity contribution in [1.82, 2.24) is 19.9 Å². The third kappa shape index (κ3) is 23.3. The smallest absolute Gasteiger partial charge is 0.317 e. The van der Waals surface area contributed by atoms with Crippen molar-refractivity contribution in [3.05, 3.63) is 310 Å². The molecule has 5 saturated carbocycles. The standard InChI is InChI=1S/C27H31FO2Si.C17H19FN2O2.C17H17FN2O2.C11H9FO2.C11H13FO2.C8H6FN.C3H5ClO.4CH4/c1-26(2,3)31(24-13-6-4-7-14-24,25-15-8-5-9-16-25)30-19-22-18-27(22,20-29)21-11-10-12-23(28)17-21;2*1-11-16(8-19-12(2)20-11)22-10-17(7-14(17)9-21)13-4-3-5-15(18)6-13;12-9-3-1-2-7(4-9)11-5-8(11)6-14-10(11)13;12-10-3-1-2-8(4-10)11(7-14)5-9(11)6-13;9-8-3-1-2-7(6-8)4-5-10;4-1-3-2-5-3;;;;/h4-17,22,29H,18-20H2,1-3H3;3-6,8,14,21H,7,9-10H2,1-2H3;3-6,8-9,14H,7,10H2,1-2H3;1-4,8H,5-6H2;1-4,9,13-14H,5-7H2;1-3,6H,4H2;3H,1-2H2;4*1H4/t22-,27+;2*14-,17+;8-,11+;9-,11+;;3-;;;;/m00000.0..../s1. The molecule has 11 atom stereocenters. The van der Waals surface area contributed by atoms with Crippen LogP contribution in [0.1, 0.15) is 139 Å². The molecule has 0 radical (unpaired) electrons. The lowest BCUT2D eigenvalue weighted by molar-refractivity contribution is -0.142. The average molecular weight is 1720 g/mol. The van der Waals surface area contributed by atoms with Crippen molar-refractivity contribution in [3.8, 4) is 17.6 Å². The molecule has 2 saturated heterocycles. The summed E-state index contributed by atoms with van der Waals surface area (Å²) in [6.45, 7) is 16.9. The van der Waals surface area contributed by atoms with Gasteiger partial charge in [-0.15, -0.1) is 11.6 Å². The highest BCUT2D eigenvalue weighted by atomic mass is 35.5. The van der Waals surface area contributed by atoms with Crippen molar-refractivity contribution < 1.29 is 79.7 Å². The first-order valence-corrected chi connectivity index (χ1v) is 41.9. The Morgan fingerprint density at radius 2 is 0.918 bits per heavy atom. The van der Waals surface area contributed by atoms with E-state index in [1.807, 2.05) is 64.1 Å². The molecule has 7 aliphatic rings. The summed E-state index contributed by atoms with van der Waals surface area (Å²) in [4.78, 5) is 39.5. The molecule has 0 amide bonds. The van der Waals surface area contributed by atoms with E-state index in [0.717, 1.165) is 83.3 Å². The summed E-state index contributed by atoms with van der Waals surface area (Å²) in [6.07, 6.45) is 8.72. The molecular weight excluding hydrogens is 1600 g/mol. The van der Waals surface area contributed by atoms with Gasteiger partial charge in [-0.2, -0.15) is 5.26 Å². The second-order valence-corrected chi connectivity index (χ2v) is 37.0. The van der Waals surface area contributed by atoms with E-state index in [2.05, 4.69) is 89.2 Å². The van der Waals surface area contributed by atoms with Gasteiger partial charge in [-0.3, -0.25) is 4.79 Å². The molecule has 4 N–H and O–H groups in total. The lowest BCUT2D eigenvalue weighted by Crippen LogP contribution is -2.66. The SMILES string of the molecule is C.C.C.C.CC(C)(C)[Si](OC[C@@H]1C[C@@]1(CO)c1cccc(F)c1)(c1ccccc1)c1ccccc1.Cc1ncc(OC[C@@]2(c3cccc(F)c3)C[C@H]2C=O)c(C)n1.Cc1ncc(OC[C@@]2(c3cccc(F)c3)C[C@H]2CO)c(C)n1.ClC[C@H]1CO1.N#CCc1cccc(F)c1.O=C1OC[C@@H]2C[C@]12c1cccc(F)c1.OC[C@@H]1C[C@@]1(CO)c1cccc(F)c1. The van der Waals surface area contributed by atoms with E-state index < -0.39 is 30.0 Å². The Hall–Kier alpha value is -10.0. The Bertz CT molecular complexity index is 5070. The quantitative estimate of drug-likeness (QED) is 0.0116. The molecule has 0 bridgehead atoms. The number of rotatable bonds is 23. The predicted octanol–water partition coefficient (Wildman–Crippen LogP) is 17.8. The summed E-state index contributed by atoms with van der Waals surface area (Å²) >= 11 is 5.27. The van der Waals surface area contributed by atoms with Crippen LogP contribution < -0.4 is 19.8 Å². The number of halogens is 7. The Kier molecular flexibility index (Phi) is 35.2. The molecule has 16 nitrogen and oxygen atoms in total. The van der Waals surface area contributed by atoms with E-state index in [1.54, 1.807) is 73.1 Å². The van der Waals surface area contributed by atoms with E-state index in [9.17, 15) is 51.3 Å². The number of aromatic nitrogens is 4. The minimum absolute atomic E-state index is 0. The second kappa shape index (κ2) is 43.4. The Balaban J connectivity index is 0.000000204. The number of aliphatic hydroxyl groups is 4. The first-order valence-electron chi connectivity index (χ1n) is 39.4. The van der Waals surface area contributed by atoms with Gasteiger partial charge in [-0.25, -0.2) is 46.3 Å². The number of esters is 1. The van der Waals surface area contributed by atoms with Crippen LogP contribution in [0.2, 0.25) is 5.04 Å². The average Bonchev–Trinajstić information content (AvgIpc) is 1.52. The first kappa shape index (κ1) is 99.1. The molecule has 122 heavy (non-hydrogen) atoms. The van der Waals surface area contributed by atoms with E-state index >= 15 is 0 Å². The van der Waals surface area contributed by atoms with Gasteiger partial charge in [0, 0.05) is 53.3 Å². The summed E-state index contributed by atoms with van der Waals surface area (Å²) in [5.74, 6) is 1.87. The van der Waals surface area contributed by atoms with Gasteiger partial charge < -0.3 is 48.6 Å². The molecule has 2 aromatic heterocycles. The number of hydrogen-bond donors (Lipinski definition) is 4. The topological polar surface area (TPSA) is 240 Å². The zero-order valence-electron chi connectivity index (χ0n) is 67.2. The van der Waals surface area contributed by atoms with Crippen LogP contribution in [0.5, 0.6) is 11.5 Å². The van der Waals surface area contributed by atoms with Crippen LogP contribution in [0, 0.1) is 104 Å². The summed E-state index contributed by atoms with van der Waals surface area (Å²) in [5, 5.41) is 48.6. The first-order chi connectivity index (χ1) is 56.6. The number of hydrogen-bond acceptors (Lipinski definition) is 16. The van der Waals surface area contributed by atoms with Crippen LogP contribution in [0.3, 0.4) is 0 Å². The second-order valence-electron chi connectivity index (χ2n) is 32.3. The van der Waals surface area contributed by atoms with Gasteiger partial charge in [-0.05, 0) is 199 Å². The van der Waals surface area contributed by atoms with Crippen LogP contribution in [0.4, 0.5) is 26.3 Å². The number of nitrogens with zero attached hydrogens (tertiary/aromatic N) is 5. The Morgan fingerprint density at radius 3 is 1.26 bits per heavy atom. The number of aldehydes is 1. The van der Waals surface area contributed by atoms with Crippen molar-refractivity contribution in [2.45, 2.75) is 155 Å². The lowest BCUT2D eigenvalue weighted by Gasteiger charge is -2.43. The highest BCUT2D eigenvalue weighted by molar-refractivity contribution is 6.99. The number of cyclic esters (lactones) is 1. The van der Waals surface area contributed by atoms with Crippen LogP contribution in [-0.4, -0.2) is 132 Å². The maximum atomic E-state index is 13.9. The van der Waals surface area contributed by atoms with Crippen molar-refractivity contribution >= 4 is 42.5 Å². The minimum Gasteiger partial charge on any atom is -0.489 e. The third-order valence-electron chi connectivity index (χ3n) is 23.6. The van der Waals surface area contributed by atoms with Gasteiger partial charge in [0.25, 0.3) is 8.32 Å². The summed E-state index contributed by atoms with van der Waals surface area (Å²) in [7, 11) is -2.61. The van der Waals surface area contributed by atoms with Gasteiger partial charge in [0.1, 0.15) is 52.8 Å². The molecule has 652 valence electrons. The monoisotopic (exact) mass is 1720 g/mol. The molecule has 10 aromatic rings. The number of benzene rings is 8. The normalized spacial score (nSPS) is 23.2. The van der Waals surface area contributed by atoms with Crippen molar-refractivity contribution in [2.24, 2.45) is 29.6 Å². The third-order valence-corrected chi connectivity index (χ3v) is 28.9.